The van der Waals surface area contributed by atoms with Gasteiger partial charge in [-0.05, 0) is 33.8 Å². The molecule has 0 fully saturated rings. The molecule has 0 spiro atoms. The van der Waals surface area contributed by atoms with Crippen molar-refractivity contribution in [2.24, 2.45) is 0 Å². The molecule has 150 valence electrons. The molecule has 0 atom stereocenters. The fourth-order valence-electron chi connectivity index (χ4n) is 3.09. The van der Waals surface area contributed by atoms with Gasteiger partial charge in [0, 0.05) is 18.3 Å². The summed E-state index contributed by atoms with van der Waals surface area (Å²) in [6, 6.07) is 1.01. The highest BCUT2D eigenvalue weighted by Gasteiger charge is 2.36. The maximum Gasteiger partial charge on any atom is 0.417 e. The molecular weight excluding hydrogens is 375 g/mol. The SMILES string of the molecule is CCOC(=O)Cn1nc(C)c2c(C(F)(F)F)cc(-c3cn(CC)nc3C)nc21. The number of hydrogen-bond donors (Lipinski definition) is 0. The maximum atomic E-state index is 13.8. The predicted octanol–water partition coefficient (Wildman–Crippen LogP) is 3.51. The molecule has 0 N–H and O–H groups in total. The van der Waals surface area contributed by atoms with Crippen molar-refractivity contribution < 1.29 is 22.7 Å². The summed E-state index contributed by atoms with van der Waals surface area (Å²) in [7, 11) is 0. The van der Waals surface area contributed by atoms with Crippen LogP contribution in [0.4, 0.5) is 13.2 Å². The van der Waals surface area contributed by atoms with Crippen LogP contribution in [0.3, 0.4) is 0 Å². The molecule has 0 aliphatic heterocycles. The number of aryl methyl sites for hydroxylation is 3. The lowest BCUT2D eigenvalue weighted by molar-refractivity contribution is -0.144. The van der Waals surface area contributed by atoms with Crippen molar-refractivity contribution in [1.82, 2.24) is 24.5 Å². The van der Waals surface area contributed by atoms with Crippen LogP contribution in [0, 0.1) is 13.8 Å². The van der Waals surface area contributed by atoms with Gasteiger partial charge in [0.1, 0.15) is 6.54 Å². The molecule has 0 aliphatic carbocycles. The molecule has 3 aromatic heterocycles. The minimum absolute atomic E-state index is 0.0148. The van der Waals surface area contributed by atoms with E-state index in [9.17, 15) is 18.0 Å². The Balaban J connectivity index is 2.26. The van der Waals surface area contributed by atoms with Crippen molar-refractivity contribution in [3.63, 3.8) is 0 Å². The zero-order valence-corrected chi connectivity index (χ0v) is 16.0. The Morgan fingerprint density at radius 3 is 2.46 bits per heavy atom. The number of nitrogens with zero attached hydrogens (tertiary/aromatic N) is 5. The molecule has 28 heavy (non-hydrogen) atoms. The van der Waals surface area contributed by atoms with Crippen molar-refractivity contribution in [2.45, 2.75) is 47.0 Å². The predicted molar refractivity (Wildman–Crippen MR) is 95.5 cm³/mol. The van der Waals surface area contributed by atoms with Crippen molar-refractivity contribution in [3.8, 4) is 11.3 Å². The van der Waals surface area contributed by atoms with E-state index in [2.05, 4.69) is 15.2 Å². The van der Waals surface area contributed by atoms with Gasteiger partial charge in [0.05, 0.1) is 34.6 Å². The third-order valence-electron chi connectivity index (χ3n) is 4.31. The molecule has 0 saturated carbocycles. The first-order valence-electron chi connectivity index (χ1n) is 8.81. The lowest BCUT2D eigenvalue weighted by Crippen LogP contribution is -2.15. The average molecular weight is 395 g/mol. The summed E-state index contributed by atoms with van der Waals surface area (Å²) >= 11 is 0. The first-order chi connectivity index (χ1) is 13.2. The molecule has 0 unspecified atom stereocenters. The number of pyridine rings is 1. The highest BCUT2D eigenvalue weighted by Crippen LogP contribution is 2.38. The fourth-order valence-corrected chi connectivity index (χ4v) is 3.09. The topological polar surface area (TPSA) is 74.8 Å². The van der Waals surface area contributed by atoms with Gasteiger partial charge < -0.3 is 4.74 Å². The number of fused-ring (bicyclic) bond motifs is 1. The number of carbonyl (C=O) groups excluding carboxylic acids is 1. The highest BCUT2D eigenvalue weighted by atomic mass is 19.4. The monoisotopic (exact) mass is 395 g/mol. The van der Waals surface area contributed by atoms with Gasteiger partial charge in [0.2, 0.25) is 0 Å². The average Bonchev–Trinajstić information content (AvgIpc) is 3.14. The molecule has 0 bridgehead atoms. The van der Waals surface area contributed by atoms with Crippen LogP contribution in [-0.4, -0.2) is 37.1 Å². The Labute approximate surface area is 159 Å². The Bertz CT molecular complexity index is 1040. The summed E-state index contributed by atoms with van der Waals surface area (Å²) < 4.78 is 49.0. The summed E-state index contributed by atoms with van der Waals surface area (Å²) in [5.41, 5.74) is 0.474. The standard InChI is InChI=1S/C18H20F3N5O2/c1-5-25-8-12(10(3)23-25)14-7-13(18(19,20)21)16-11(4)24-26(17(16)22-14)9-15(27)28-6-2/h7-8H,5-6,9H2,1-4H3. The van der Waals surface area contributed by atoms with Crippen LogP contribution in [0.1, 0.15) is 30.8 Å². The van der Waals surface area contributed by atoms with E-state index in [1.807, 2.05) is 6.92 Å². The van der Waals surface area contributed by atoms with Crippen LogP contribution in [0.15, 0.2) is 12.3 Å². The first-order valence-corrected chi connectivity index (χ1v) is 8.81. The molecule has 0 radical (unpaired) electrons. The third-order valence-corrected chi connectivity index (χ3v) is 4.31. The minimum Gasteiger partial charge on any atom is -0.465 e. The van der Waals surface area contributed by atoms with E-state index < -0.39 is 17.7 Å². The number of halogens is 3. The van der Waals surface area contributed by atoms with Crippen LogP contribution in [0.5, 0.6) is 0 Å². The van der Waals surface area contributed by atoms with Crippen molar-refractivity contribution in [3.05, 3.63) is 29.2 Å². The van der Waals surface area contributed by atoms with Gasteiger partial charge in [0.15, 0.2) is 5.65 Å². The quantitative estimate of drug-likeness (QED) is 0.618. The Hall–Kier alpha value is -2.91. The smallest absolute Gasteiger partial charge is 0.417 e. The van der Waals surface area contributed by atoms with Gasteiger partial charge in [-0.2, -0.15) is 23.4 Å². The second kappa shape index (κ2) is 7.25. The number of hydrogen-bond acceptors (Lipinski definition) is 5. The highest BCUT2D eigenvalue weighted by molar-refractivity contribution is 5.86. The van der Waals surface area contributed by atoms with E-state index in [4.69, 9.17) is 4.74 Å². The van der Waals surface area contributed by atoms with Gasteiger partial charge in [-0.15, -0.1) is 0 Å². The van der Waals surface area contributed by atoms with Gasteiger partial charge in [-0.1, -0.05) is 0 Å². The summed E-state index contributed by atoms with van der Waals surface area (Å²) in [4.78, 5) is 16.3. The van der Waals surface area contributed by atoms with E-state index in [0.29, 0.717) is 17.8 Å². The van der Waals surface area contributed by atoms with Crippen molar-refractivity contribution in [2.75, 3.05) is 6.61 Å². The number of carbonyl (C=O) groups is 1. The number of ether oxygens (including phenoxy) is 1. The molecule has 0 aromatic carbocycles. The Morgan fingerprint density at radius 1 is 1.18 bits per heavy atom. The van der Waals surface area contributed by atoms with Gasteiger partial charge in [0.25, 0.3) is 0 Å². The Kier molecular flexibility index (Phi) is 5.14. The van der Waals surface area contributed by atoms with Crippen LogP contribution < -0.4 is 0 Å². The number of esters is 1. The summed E-state index contributed by atoms with van der Waals surface area (Å²) in [5, 5.41) is 8.25. The lowest BCUT2D eigenvalue weighted by Gasteiger charge is -2.11. The molecule has 10 heteroatoms. The van der Waals surface area contributed by atoms with Crippen LogP contribution in [0.25, 0.3) is 22.3 Å². The van der Waals surface area contributed by atoms with Crippen molar-refractivity contribution in [1.29, 1.82) is 0 Å². The van der Waals surface area contributed by atoms with E-state index in [1.165, 1.54) is 6.92 Å². The molecular formula is C18H20F3N5O2. The molecule has 7 nitrogen and oxygen atoms in total. The van der Waals surface area contributed by atoms with Crippen molar-refractivity contribution >= 4 is 17.0 Å². The van der Waals surface area contributed by atoms with Gasteiger partial charge >= 0.3 is 12.1 Å². The minimum atomic E-state index is -4.60. The normalized spacial score (nSPS) is 12.0. The van der Waals surface area contributed by atoms with E-state index >= 15 is 0 Å². The first kappa shape index (κ1) is 19.8. The maximum absolute atomic E-state index is 13.8. The Morgan fingerprint density at radius 2 is 1.89 bits per heavy atom. The zero-order valence-electron chi connectivity index (χ0n) is 16.0. The second-order valence-electron chi connectivity index (χ2n) is 6.28. The van der Waals surface area contributed by atoms with Crippen LogP contribution >= 0.6 is 0 Å². The fraction of sp³-hybridized carbons (Fsp3) is 0.444. The van der Waals surface area contributed by atoms with Crippen LogP contribution in [0.2, 0.25) is 0 Å². The van der Waals surface area contributed by atoms with E-state index in [1.54, 1.807) is 24.7 Å². The number of alkyl halides is 3. The van der Waals surface area contributed by atoms with Gasteiger partial charge in [-0.25, -0.2) is 9.67 Å². The second-order valence-corrected chi connectivity index (χ2v) is 6.28. The molecule has 0 aliphatic rings. The zero-order chi connectivity index (χ0) is 20.6. The number of aromatic nitrogens is 5. The molecule has 3 aromatic rings. The van der Waals surface area contributed by atoms with E-state index in [0.717, 1.165) is 10.7 Å². The molecule has 3 heterocycles. The molecule has 0 saturated heterocycles. The summed E-state index contributed by atoms with van der Waals surface area (Å²) in [6.07, 6.45) is -2.95. The van der Waals surface area contributed by atoms with Crippen LogP contribution in [-0.2, 0) is 28.8 Å². The summed E-state index contributed by atoms with van der Waals surface area (Å²) in [5.74, 6) is -0.595. The van der Waals surface area contributed by atoms with Gasteiger partial charge in [-0.3, -0.25) is 9.48 Å². The number of rotatable bonds is 5. The lowest BCUT2D eigenvalue weighted by atomic mass is 10.1. The third kappa shape index (κ3) is 3.58. The largest absolute Gasteiger partial charge is 0.465 e. The molecule has 0 amide bonds. The van der Waals surface area contributed by atoms with E-state index in [-0.39, 0.29) is 35.6 Å². The molecule has 3 rings (SSSR count). The summed E-state index contributed by atoms with van der Waals surface area (Å²) in [6.45, 7) is 7.12.